The Balaban J connectivity index is 1.62. The number of aromatic nitrogens is 2. The van der Waals surface area contributed by atoms with Gasteiger partial charge in [-0.05, 0) is 31.5 Å². The van der Waals surface area contributed by atoms with E-state index < -0.39 is 5.25 Å². The quantitative estimate of drug-likeness (QED) is 0.877. The van der Waals surface area contributed by atoms with Crippen LogP contribution in [0.15, 0.2) is 41.7 Å². The summed E-state index contributed by atoms with van der Waals surface area (Å²) in [6.07, 6.45) is 3.21. The molecule has 25 heavy (non-hydrogen) atoms. The van der Waals surface area contributed by atoms with Crippen LogP contribution < -0.4 is 10.6 Å². The maximum absolute atomic E-state index is 12.2. The van der Waals surface area contributed by atoms with Gasteiger partial charge in [-0.15, -0.1) is 0 Å². The van der Waals surface area contributed by atoms with Crippen molar-refractivity contribution in [1.82, 2.24) is 15.3 Å². The van der Waals surface area contributed by atoms with E-state index >= 15 is 0 Å². The van der Waals surface area contributed by atoms with Gasteiger partial charge in [0.05, 0.1) is 0 Å². The number of amidine groups is 1. The molecular weight excluding hydrogens is 338 g/mol. The van der Waals surface area contributed by atoms with Crippen molar-refractivity contribution in [2.24, 2.45) is 4.99 Å². The summed E-state index contributed by atoms with van der Waals surface area (Å²) in [4.78, 5) is 36.4. The van der Waals surface area contributed by atoms with Gasteiger partial charge < -0.3 is 10.6 Å². The number of benzene rings is 1. The summed E-state index contributed by atoms with van der Waals surface area (Å²) in [7, 11) is 0. The number of nitrogens with one attached hydrogen (secondary N) is 2. The molecule has 0 saturated carbocycles. The highest BCUT2D eigenvalue weighted by molar-refractivity contribution is 8.15. The molecule has 0 bridgehead atoms. The maximum atomic E-state index is 12.2. The monoisotopic (exact) mass is 355 g/mol. The van der Waals surface area contributed by atoms with E-state index in [4.69, 9.17) is 0 Å². The third-order valence-corrected chi connectivity index (χ3v) is 4.64. The van der Waals surface area contributed by atoms with Crippen molar-refractivity contribution >= 4 is 40.4 Å². The molecule has 1 aromatic carbocycles. The van der Waals surface area contributed by atoms with Crippen LogP contribution in [-0.4, -0.2) is 32.2 Å². The predicted molar refractivity (Wildman–Crippen MR) is 97.8 cm³/mol. The largest absolute Gasteiger partial charge is 0.326 e. The Morgan fingerprint density at radius 2 is 2.08 bits per heavy atom. The van der Waals surface area contributed by atoms with E-state index in [1.54, 1.807) is 18.5 Å². The molecule has 2 amide bonds. The molecule has 8 heteroatoms. The number of aryl methyl sites for hydroxylation is 2. The third kappa shape index (κ3) is 4.42. The normalized spacial score (nSPS) is 18.2. The van der Waals surface area contributed by atoms with Gasteiger partial charge >= 0.3 is 0 Å². The molecule has 2 heterocycles. The van der Waals surface area contributed by atoms with E-state index in [9.17, 15) is 9.59 Å². The number of thioether (sulfide) groups is 1. The van der Waals surface area contributed by atoms with Crippen molar-refractivity contribution in [1.29, 1.82) is 0 Å². The standard InChI is InChI=1S/C17H17N5O2S/c1-10-4-5-12(11(2)8-10)20-14(23)9-13-15(24)21-17(25-13)22-16-18-6-3-7-19-16/h3-8,13H,9H2,1-2H3,(H,20,23)(H,18,19,21,22,24). The summed E-state index contributed by atoms with van der Waals surface area (Å²) in [6, 6.07) is 7.48. The van der Waals surface area contributed by atoms with Crippen LogP contribution in [0, 0.1) is 13.8 Å². The number of hydrogen-bond donors (Lipinski definition) is 2. The first-order valence-corrected chi connectivity index (χ1v) is 8.59. The lowest BCUT2D eigenvalue weighted by Crippen LogP contribution is -2.28. The lowest BCUT2D eigenvalue weighted by molar-refractivity contribution is -0.122. The minimum absolute atomic E-state index is 0.0679. The van der Waals surface area contributed by atoms with Crippen LogP contribution in [0.1, 0.15) is 17.5 Å². The summed E-state index contributed by atoms with van der Waals surface area (Å²) in [5.41, 5.74) is 2.87. The number of aliphatic imine (C=N–C) groups is 1. The first-order chi connectivity index (χ1) is 12.0. The van der Waals surface area contributed by atoms with Gasteiger partial charge in [0, 0.05) is 24.5 Å². The molecule has 7 nitrogen and oxygen atoms in total. The number of hydrogen-bond acceptors (Lipinski definition) is 6. The Hall–Kier alpha value is -2.74. The van der Waals surface area contributed by atoms with Crippen LogP contribution in [0.4, 0.5) is 11.6 Å². The van der Waals surface area contributed by atoms with Gasteiger partial charge in [-0.2, -0.15) is 4.99 Å². The fraction of sp³-hybridized carbons (Fsp3) is 0.235. The molecule has 0 spiro atoms. The second-order valence-corrected chi connectivity index (χ2v) is 6.82. The van der Waals surface area contributed by atoms with Crippen molar-refractivity contribution in [2.75, 3.05) is 5.32 Å². The molecule has 128 valence electrons. The van der Waals surface area contributed by atoms with Crippen molar-refractivity contribution in [2.45, 2.75) is 25.5 Å². The Labute approximate surface area is 149 Å². The maximum Gasteiger partial charge on any atom is 0.251 e. The average Bonchev–Trinajstić information content (AvgIpc) is 2.90. The molecule has 2 N–H and O–H groups in total. The molecule has 3 rings (SSSR count). The van der Waals surface area contributed by atoms with Gasteiger partial charge in [0.2, 0.25) is 11.8 Å². The van der Waals surface area contributed by atoms with Crippen LogP contribution in [0.25, 0.3) is 0 Å². The molecule has 1 fully saturated rings. The van der Waals surface area contributed by atoms with Crippen LogP contribution >= 0.6 is 11.8 Å². The molecule has 0 radical (unpaired) electrons. The summed E-state index contributed by atoms with van der Waals surface area (Å²) >= 11 is 1.21. The zero-order valence-electron chi connectivity index (χ0n) is 13.8. The van der Waals surface area contributed by atoms with Gasteiger partial charge in [-0.25, -0.2) is 9.97 Å². The van der Waals surface area contributed by atoms with Crippen molar-refractivity contribution in [3.63, 3.8) is 0 Å². The zero-order valence-corrected chi connectivity index (χ0v) is 14.6. The lowest BCUT2D eigenvalue weighted by atomic mass is 10.1. The molecule has 2 aromatic rings. The summed E-state index contributed by atoms with van der Waals surface area (Å²) in [5.74, 6) is -0.182. The highest BCUT2D eigenvalue weighted by Crippen LogP contribution is 2.25. The van der Waals surface area contributed by atoms with E-state index in [2.05, 4.69) is 25.6 Å². The van der Waals surface area contributed by atoms with Crippen molar-refractivity contribution in [3.05, 3.63) is 47.8 Å². The number of amides is 2. The Morgan fingerprint density at radius 1 is 1.32 bits per heavy atom. The van der Waals surface area contributed by atoms with Gasteiger partial charge in [-0.1, -0.05) is 29.5 Å². The van der Waals surface area contributed by atoms with Gasteiger partial charge in [0.15, 0.2) is 5.17 Å². The highest BCUT2D eigenvalue weighted by atomic mass is 32.2. The van der Waals surface area contributed by atoms with E-state index in [1.165, 1.54) is 11.8 Å². The summed E-state index contributed by atoms with van der Waals surface area (Å²) < 4.78 is 0. The van der Waals surface area contributed by atoms with Crippen molar-refractivity contribution < 1.29 is 9.59 Å². The first-order valence-electron chi connectivity index (χ1n) is 7.71. The number of nitrogens with zero attached hydrogens (tertiary/aromatic N) is 3. The molecule has 1 atom stereocenters. The van der Waals surface area contributed by atoms with Crippen LogP contribution in [0.5, 0.6) is 0 Å². The van der Waals surface area contributed by atoms with Gasteiger partial charge in [-0.3, -0.25) is 9.59 Å². The molecular formula is C17H17N5O2S. The SMILES string of the molecule is Cc1ccc(NC(=O)CC2S/C(=N\c3ncccn3)NC2=O)c(C)c1. The molecule has 0 aliphatic carbocycles. The van der Waals surface area contributed by atoms with Gasteiger partial charge in [0.1, 0.15) is 5.25 Å². The molecule has 1 aliphatic rings. The number of rotatable bonds is 4. The number of anilines is 1. The Kier molecular flexibility index (Phi) is 5.08. The molecule has 1 aliphatic heterocycles. The Morgan fingerprint density at radius 3 is 2.80 bits per heavy atom. The van der Waals surface area contributed by atoms with E-state index in [0.29, 0.717) is 5.17 Å². The van der Waals surface area contributed by atoms with E-state index in [-0.39, 0.29) is 24.2 Å². The number of carbonyl (C=O) groups is 2. The summed E-state index contributed by atoms with van der Waals surface area (Å²) in [6.45, 7) is 3.93. The minimum Gasteiger partial charge on any atom is -0.326 e. The van der Waals surface area contributed by atoms with E-state index in [0.717, 1.165) is 16.8 Å². The first kappa shape index (κ1) is 17.1. The van der Waals surface area contributed by atoms with Crippen LogP contribution in [0.2, 0.25) is 0 Å². The van der Waals surface area contributed by atoms with Crippen LogP contribution in [-0.2, 0) is 9.59 Å². The highest BCUT2D eigenvalue weighted by Gasteiger charge is 2.32. The second kappa shape index (κ2) is 7.43. The smallest absolute Gasteiger partial charge is 0.251 e. The van der Waals surface area contributed by atoms with Crippen LogP contribution in [0.3, 0.4) is 0 Å². The zero-order chi connectivity index (χ0) is 17.8. The van der Waals surface area contributed by atoms with Crippen molar-refractivity contribution in [3.8, 4) is 0 Å². The molecule has 1 aromatic heterocycles. The topological polar surface area (TPSA) is 96.3 Å². The van der Waals surface area contributed by atoms with E-state index in [1.807, 2.05) is 32.0 Å². The molecule has 1 unspecified atom stereocenters. The van der Waals surface area contributed by atoms with Gasteiger partial charge in [0.25, 0.3) is 5.95 Å². The Bertz CT molecular complexity index is 838. The third-order valence-electron chi connectivity index (χ3n) is 3.56. The minimum atomic E-state index is -0.520. The summed E-state index contributed by atoms with van der Waals surface area (Å²) in [5, 5.41) is 5.39. The number of carbonyl (C=O) groups excluding carboxylic acids is 2. The fourth-order valence-corrected chi connectivity index (χ4v) is 3.32. The predicted octanol–water partition coefficient (Wildman–Crippen LogP) is 2.34. The second-order valence-electron chi connectivity index (χ2n) is 5.63. The molecule has 1 saturated heterocycles. The lowest BCUT2D eigenvalue weighted by Gasteiger charge is -2.10. The average molecular weight is 355 g/mol. The fourth-order valence-electron chi connectivity index (χ4n) is 2.36.